The Hall–Kier alpha value is -0.270. The molecule has 4 nitrogen and oxygen atoms in total. The zero-order chi connectivity index (χ0) is 15.0. The van der Waals surface area contributed by atoms with E-state index in [4.69, 9.17) is 17.3 Å². The van der Waals surface area contributed by atoms with Crippen LogP contribution >= 0.6 is 23.4 Å². The van der Waals surface area contributed by atoms with Crippen molar-refractivity contribution in [2.45, 2.75) is 30.0 Å². The third kappa shape index (κ3) is 3.31. The molecule has 1 aliphatic heterocycles. The van der Waals surface area contributed by atoms with E-state index in [1.165, 1.54) is 10.4 Å². The number of halogens is 1. The van der Waals surface area contributed by atoms with Gasteiger partial charge in [-0.2, -0.15) is 16.1 Å². The fourth-order valence-electron chi connectivity index (χ4n) is 2.18. The summed E-state index contributed by atoms with van der Waals surface area (Å²) in [7, 11) is -3.49. The molecule has 0 spiro atoms. The molecule has 0 aliphatic carbocycles. The van der Waals surface area contributed by atoms with Crippen molar-refractivity contribution in [2.75, 3.05) is 18.8 Å². The third-order valence-electron chi connectivity index (χ3n) is 3.27. The Bertz CT molecular complexity index is 602. The molecule has 0 saturated carbocycles. The number of nitrogens with zero attached hydrogens (tertiary/aromatic N) is 1. The van der Waals surface area contributed by atoms with Crippen LogP contribution in [0, 0.1) is 0 Å². The van der Waals surface area contributed by atoms with Crippen LogP contribution < -0.4 is 5.73 Å². The first-order valence-corrected chi connectivity index (χ1v) is 9.19. The second kappa shape index (κ2) is 5.85. The molecule has 0 aromatic heterocycles. The lowest BCUT2D eigenvalue weighted by atomic mass is 10.2. The maximum Gasteiger partial charge on any atom is 0.243 e. The lowest BCUT2D eigenvalue weighted by molar-refractivity contribution is 0.387. The molecule has 1 heterocycles. The summed E-state index contributed by atoms with van der Waals surface area (Å²) in [5, 5.41) is 0.402. The van der Waals surface area contributed by atoms with E-state index >= 15 is 0 Å². The Kier molecular flexibility index (Phi) is 4.71. The van der Waals surface area contributed by atoms with Crippen molar-refractivity contribution in [3.8, 4) is 0 Å². The summed E-state index contributed by atoms with van der Waals surface area (Å²) in [5.41, 5.74) is 6.29. The Morgan fingerprint density at radius 2 is 2.15 bits per heavy atom. The largest absolute Gasteiger partial charge is 0.326 e. The lowest BCUT2D eigenvalue weighted by Gasteiger charge is -2.36. The molecule has 1 aliphatic rings. The van der Waals surface area contributed by atoms with Gasteiger partial charge in [-0.3, -0.25) is 0 Å². The summed E-state index contributed by atoms with van der Waals surface area (Å²) in [6.45, 7) is 5.46. The number of hydrogen-bond donors (Lipinski definition) is 1. The second-order valence-electron chi connectivity index (χ2n) is 5.40. The fraction of sp³-hybridized carbons (Fsp3) is 0.538. The van der Waals surface area contributed by atoms with Crippen LogP contribution in [0.5, 0.6) is 0 Å². The monoisotopic (exact) mass is 334 g/mol. The Morgan fingerprint density at radius 3 is 2.70 bits per heavy atom. The van der Waals surface area contributed by atoms with Crippen LogP contribution in [0.15, 0.2) is 23.1 Å². The maximum absolute atomic E-state index is 12.7. The van der Waals surface area contributed by atoms with E-state index in [1.54, 1.807) is 23.9 Å². The van der Waals surface area contributed by atoms with Gasteiger partial charge in [0.25, 0.3) is 0 Å². The molecule has 20 heavy (non-hydrogen) atoms. The number of nitrogens with two attached hydrogens (primary N) is 1. The first-order valence-electron chi connectivity index (χ1n) is 6.39. The van der Waals surface area contributed by atoms with Crippen LogP contribution in [-0.4, -0.2) is 36.3 Å². The van der Waals surface area contributed by atoms with Gasteiger partial charge < -0.3 is 5.73 Å². The van der Waals surface area contributed by atoms with E-state index in [0.29, 0.717) is 24.7 Å². The van der Waals surface area contributed by atoms with Crippen molar-refractivity contribution in [3.05, 3.63) is 28.8 Å². The molecule has 1 saturated heterocycles. The number of thioether (sulfide) groups is 1. The SMILES string of the molecule is CC1(C)CN(S(=O)(=O)c2ccc(CN)c(Cl)c2)CCS1. The molecule has 0 atom stereocenters. The van der Waals surface area contributed by atoms with Crippen LogP contribution in [0.1, 0.15) is 19.4 Å². The quantitative estimate of drug-likeness (QED) is 0.921. The zero-order valence-corrected chi connectivity index (χ0v) is 14.0. The molecule has 2 rings (SSSR count). The molecule has 2 N–H and O–H groups in total. The molecule has 0 unspecified atom stereocenters. The minimum absolute atomic E-state index is 0.0632. The maximum atomic E-state index is 12.7. The number of benzene rings is 1. The molecular formula is C13H19ClN2O2S2. The van der Waals surface area contributed by atoms with Crippen LogP contribution in [0.25, 0.3) is 0 Å². The molecule has 0 bridgehead atoms. The third-order valence-corrected chi connectivity index (χ3v) is 6.76. The van der Waals surface area contributed by atoms with Gasteiger partial charge in [0.1, 0.15) is 0 Å². The van der Waals surface area contributed by atoms with Gasteiger partial charge in [0.05, 0.1) is 4.90 Å². The summed E-state index contributed by atoms with van der Waals surface area (Å²) < 4.78 is 26.8. The van der Waals surface area contributed by atoms with Crippen molar-refractivity contribution in [3.63, 3.8) is 0 Å². The summed E-state index contributed by atoms with van der Waals surface area (Å²) in [6.07, 6.45) is 0. The van der Waals surface area contributed by atoms with Crippen LogP contribution in [0.2, 0.25) is 5.02 Å². The molecule has 0 radical (unpaired) electrons. The van der Waals surface area contributed by atoms with Crippen molar-refractivity contribution >= 4 is 33.4 Å². The molecule has 1 aromatic rings. The smallest absolute Gasteiger partial charge is 0.243 e. The highest BCUT2D eigenvalue weighted by atomic mass is 35.5. The standard InChI is InChI=1S/C13H19ClN2O2S2/c1-13(2)9-16(5-6-19-13)20(17,18)11-4-3-10(8-15)12(14)7-11/h3-4,7H,5-6,8-9,15H2,1-2H3. The molecule has 1 aromatic carbocycles. The molecule has 1 fully saturated rings. The van der Waals surface area contributed by atoms with Gasteiger partial charge in [0.15, 0.2) is 0 Å². The first kappa shape index (κ1) is 16.1. The van der Waals surface area contributed by atoms with Gasteiger partial charge in [-0.05, 0) is 31.5 Å². The van der Waals surface area contributed by atoms with Crippen molar-refractivity contribution in [1.29, 1.82) is 0 Å². The van der Waals surface area contributed by atoms with Gasteiger partial charge in [0.2, 0.25) is 10.0 Å². The van der Waals surface area contributed by atoms with E-state index < -0.39 is 10.0 Å². The zero-order valence-electron chi connectivity index (χ0n) is 11.6. The van der Waals surface area contributed by atoms with Crippen LogP contribution in [0.3, 0.4) is 0 Å². The minimum Gasteiger partial charge on any atom is -0.326 e. The topological polar surface area (TPSA) is 63.4 Å². The summed E-state index contributed by atoms with van der Waals surface area (Å²) in [4.78, 5) is 0.238. The average molecular weight is 335 g/mol. The highest BCUT2D eigenvalue weighted by Crippen LogP contribution is 2.33. The van der Waals surface area contributed by atoms with E-state index in [2.05, 4.69) is 13.8 Å². The Balaban J connectivity index is 2.33. The predicted molar refractivity (Wildman–Crippen MR) is 84.6 cm³/mol. The van der Waals surface area contributed by atoms with E-state index in [1.807, 2.05) is 0 Å². The number of hydrogen-bond acceptors (Lipinski definition) is 4. The van der Waals surface area contributed by atoms with Gasteiger partial charge in [-0.1, -0.05) is 17.7 Å². The number of sulfonamides is 1. The number of rotatable bonds is 3. The van der Waals surface area contributed by atoms with E-state index in [0.717, 1.165) is 11.3 Å². The summed E-state index contributed by atoms with van der Waals surface area (Å²) in [5.74, 6) is 0.806. The van der Waals surface area contributed by atoms with Gasteiger partial charge >= 0.3 is 0 Å². The minimum atomic E-state index is -3.49. The normalized spacial score (nSPS) is 20.0. The van der Waals surface area contributed by atoms with Crippen LogP contribution in [0.4, 0.5) is 0 Å². The Morgan fingerprint density at radius 1 is 1.45 bits per heavy atom. The summed E-state index contributed by atoms with van der Waals surface area (Å²) in [6, 6.07) is 4.76. The van der Waals surface area contributed by atoms with Crippen LogP contribution in [-0.2, 0) is 16.6 Å². The molecule has 112 valence electrons. The van der Waals surface area contributed by atoms with Crippen molar-refractivity contribution < 1.29 is 8.42 Å². The van der Waals surface area contributed by atoms with Crippen molar-refractivity contribution in [2.24, 2.45) is 5.73 Å². The fourth-order valence-corrected chi connectivity index (χ4v) is 5.44. The second-order valence-corrected chi connectivity index (χ2v) is 9.55. The van der Waals surface area contributed by atoms with E-state index in [9.17, 15) is 8.42 Å². The highest BCUT2D eigenvalue weighted by Gasteiger charge is 2.34. The average Bonchev–Trinajstić information content (AvgIpc) is 2.37. The molecular weight excluding hydrogens is 316 g/mol. The molecule has 0 amide bonds. The first-order chi connectivity index (χ1) is 9.26. The lowest BCUT2D eigenvalue weighted by Crippen LogP contribution is -2.46. The molecule has 7 heteroatoms. The predicted octanol–water partition coefficient (Wildman–Crippen LogP) is 2.31. The summed E-state index contributed by atoms with van der Waals surface area (Å²) >= 11 is 7.86. The van der Waals surface area contributed by atoms with Gasteiger partial charge in [0, 0.05) is 35.2 Å². The van der Waals surface area contributed by atoms with Gasteiger partial charge in [-0.15, -0.1) is 0 Å². The Labute approximate surface area is 129 Å². The van der Waals surface area contributed by atoms with E-state index in [-0.39, 0.29) is 9.64 Å². The highest BCUT2D eigenvalue weighted by molar-refractivity contribution is 8.00. The van der Waals surface area contributed by atoms with Crippen molar-refractivity contribution in [1.82, 2.24) is 4.31 Å². The van der Waals surface area contributed by atoms with Gasteiger partial charge in [-0.25, -0.2) is 8.42 Å².